The molecule has 2 aromatic rings. The van der Waals surface area contributed by atoms with Crippen LogP contribution < -0.4 is 11.1 Å². The molecule has 5 nitrogen and oxygen atoms in total. The number of hydrogen-bond acceptors (Lipinski definition) is 4. The fraction of sp³-hybridized carbons (Fsp3) is 0.474. The third-order valence-corrected chi connectivity index (χ3v) is 4.07. The lowest BCUT2D eigenvalue weighted by molar-refractivity contribution is -0.123. The van der Waals surface area contributed by atoms with Crippen molar-refractivity contribution < 1.29 is 18.0 Å². The number of aromatic nitrogens is 1. The van der Waals surface area contributed by atoms with Crippen molar-refractivity contribution in [3.05, 3.63) is 41.9 Å². The molecule has 7 heteroatoms. The van der Waals surface area contributed by atoms with Gasteiger partial charge in [-0.2, -0.15) is 0 Å². The van der Waals surface area contributed by atoms with Gasteiger partial charge in [-0.15, -0.1) is 0 Å². The van der Waals surface area contributed by atoms with Crippen molar-refractivity contribution in [2.75, 3.05) is 6.54 Å². The Morgan fingerprint density at radius 2 is 2.12 bits per heavy atom. The molecule has 0 aliphatic rings. The summed E-state index contributed by atoms with van der Waals surface area (Å²) in [6, 6.07) is 3.23. The molecule has 1 aromatic heterocycles. The second-order valence-electron chi connectivity index (χ2n) is 7.15. The van der Waals surface area contributed by atoms with E-state index in [1.165, 1.54) is 12.3 Å². The van der Waals surface area contributed by atoms with Crippen LogP contribution in [0.25, 0.3) is 11.3 Å². The van der Waals surface area contributed by atoms with Gasteiger partial charge in [0.2, 0.25) is 5.91 Å². The number of nitrogens with two attached hydrogens (primary N) is 1. The monoisotopic (exact) mass is 365 g/mol. The van der Waals surface area contributed by atoms with Crippen molar-refractivity contribution >= 4 is 5.91 Å². The molecular weight excluding hydrogens is 340 g/mol. The second kappa shape index (κ2) is 8.40. The first-order chi connectivity index (χ1) is 12.2. The van der Waals surface area contributed by atoms with Crippen LogP contribution in [0.4, 0.5) is 8.78 Å². The van der Waals surface area contributed by atoms with Crippen LogP contribution in [0.1, 0.15) is 39.5 Å². The van der Waals surface area contributed by atoms with Crippen molar-refractivity contribution in [3.63, 3.8) is 0 Å². The predicted octanol–water partition coefficient (Wildman–Crippen LogP) is 3.43. The lowest BCUT2D eigenvalue weighted by Crippen LogP contribution is -2.52. The Bertz CT molecular complexity index is 761. The number of oxazole rings is 1. The molecule has 0 saturated heterocycles. The van der Waals surface area contributed by atoms with Gasteiger partial charge in [-0.1, -0.05) is 13.8 Å². The van der Waals surface area contributed by atoms with Gasteiger partial charge in [0.05, 0.1) is 11.8 Å². The van der Waals surface area contributed by atoms with Crippen LogP contribution in [0.15, 0.2) is 28.8 Å². The van der Waals surface area contributed by atoms with Gasteiger partial charge in [-0.25, -0.2) is 13.8 Å². The molecule has 142 valence electrons. The molecule has 1 heterocycles. The maximum absolute atomic E-state index is 13.8. The van der Waals surface area contributed by atoms with Gasteiger partial charge in [0.15, 0.2) is 11.7 Å². The summed E-state index contributed by atoms with van der Waals surface area (Å²) in [4.78, 5) is 16.3. The van der Waals surface area contributed by atoms with Gasteiger partial charge < -0.3 is 15.5 Å². The number of carbonyl (C=O) groups excluding carboxylic acids is 1. The highest BCUT2D eigenvalue weighted by Crippen LogP contribution is 2.24. The number of halogens is 2. The third-order valence-electron chi connectivity index (χ3n) is 4.07. The Morgan fingerprint density at radius 1 is 1.38 bits per heavy atom. The molecule has 1 unspecified atom stereocenters. The molecule has 2 rings (SSSR count). The van der Waals surface area contributed by atoms with Crippen LogP contribution in [0.2, 0.25) is 0 Å². The fourth-order valence-corrected chi connectivity index (χ4v) is 2.95. The highest BCUT2D eigenvalue weighted by atomic mass is 19.1. The number of aryl methyl sites for hydroxylation is 1. The first kappa shape index (κ1) is 20.0. The molecule has 0 saturated carbocycles. The van der Waals surface area contributed by atoms with Crippen LogP contribution in [0.5, 0.6) is 0 Å². The van der Waals surface area contributed by atoms with Crippen molar-refractivity contribution in [3.8, 4) is 11.3 Å². The van der Waals surface area contributed by atoms with Gasteiger partial charge in [0.25, 0.3) is 0 Å². The third kappa shape index (κ3) is 5.36. The molecule has 0 spiro atoms. The average Bonchev–Trinajstić information content (AvgIpc) is 3.00. The van der Waals surface area contributed by atoms with E-state index >= 15 is 0 Å². The van der Waals surface area contributed by atoms with Crippen molar-refractivity contribution in [2.45, 2.75) is 45.6 Å². The van der Waals surface area contributed by atoms with Crippen molar-refractivity contribution in [1.29, 1.82) is 0 Å². The molecule has 1 amide bonds. The van der Waals surface area contributed by atoms with Crippen LogP contribution in [0.3, 0.4) is 0 Å². The molecule has 0 bridgehead atoms. The second-order valence-corrected chi connectivity index (χ2v) is 7.15. The molecule has 0 aliphatic carbocycles. The Kier molecular flexibility index (Phi) is 6.47. The lowest BCUT2D eigenvalue weighted by Gasteiger charge is -2.31. The number of nitrogens with zero attached hydrogens (tertiary/aromatic N) is 1. The standard InChI is InChI=1S/C19H25F2N3O2/c1-12(2)9-19(3,11-22)24-17(25)6-7-18-23-10-16(26-18)14-5-4-13(20)8-15(14)21/h4-5,8,10,12H,6-7,9,11,22H2,1-3H3,(H,24,25). The van der Waals surface area contributed by atoms with Gasteiger partial charge in [0, 0.05) is 31.0 Å². The van der Waals surface area contributed by atoms with Crippen LogP contribution in [-0.2, 0) is 11.2 Å². The first-order valence-corrected chi connectivity index (χ1v) is 8.63. The Hall–Kier alpha value is -2.28. The number of amides is 1. The maximum Gasteiger partial charge on any atom is 0.220 e. The van der Waals surface area contributed by atoms with E-state index < -0.39 is 17.2 Å². The van der Waals surface area contributed by atoms with E-state index in [0.717, 1.165) is 18.6 Å². The van der Waals surface area contributed by atoms with Crippen molar-refractivity contribution in [1.82, 2.24) is 10.3 Å². The minimum absolute atomic E-state index is 0.127. The molecule has 3 N–H and O–H groups in total. The Morgan fingerprint density at radius 3 is 2.73 bits per heavy atom. The van der Waals surface area contributed by atoms with Gasteiger partial charge >= 0.3 is 0 Å². The van der Waals surface area contributed by atoms with Crippen LogP contribution in [0, 0.1) is 17.6 Å². The number of nitrogens with one attached hydrogen (secondary N) is 1. The normalized spacial score (nSPS) is 13.7. The summed E-state index contributed by atoms with van der Waals surface area (Å²) in [7, 11) is 0. The molecular formula is C19H25F2N3O2. The summed E-state index contributed by atoms with van der Waals surface area (Å²) in [5, 5.41) is 2.96. The van der Waals surface area contributed by atoms with E-state index in [9.17, 15) is 13.6 Å². The average molecular weight is 365 g/mol. The summed E-state index contributed by atoms with van der Waals surface area (Å²) in [5.74, 6) is -0.610. The number of rotatable bonds is 8. The molecule has 0 aliphatic heterocycles. The topological polar surface area (TPSA) is 81.1 Å². The van der Waals surface area contributed by atoms with E-state index in [1.54, 1.807) is 0 Å². The Balaban J connectivity index is 1.96. The predicted molar refractivity (Wildman–Crippen MR) is 95.2 cm³/mol. The minimum Gasteiger partial charge on any atom is -0.441 e. The largest absolute Gasteiger partial charge is 0.441 e. The smallest absolute Gasteiger partial charge is 0.220 e. The summed E-state index contributed by atoms with van der Waals surface area (Å²) < 4.78 is 32.3. The Labute approximate surface area is 152 Å². The van der Waals surface area contributed by atoms with Crippen molar-refractivity contribution in [2.24, 2.45) is 11.7 Å². The van der Waals surface area contributed by atoms with Gasteiger partial charge in [-0.05, 0) is 31.4 Å². The lowest BCUT2D eigenvalue weighted by atomic mass is 9.90. The SMILES string of the molecule is CC(C)CC(C)(CN)NC(=O)CCc1ncc(-c2ccc(F)cc2F)o1. The molecule has 26 heavy (non-hydrogen) atoms. The zero-order valence-electron chi connectivity index (χ0n) is 15.3. The number of carbonyl (C=O) groups is 1. The summed E-state index contributed by atoms with van der Waals surface area (Å²) in [6.45, 7) is 6.42. The summed E-state index contributed by atoms with van der Waals surface area (Å²) in [6.07, 6.45) is 2.60. The van der Waals surface area contributed by atoms with Crippen LogP contribution >= 0.6 is 0 Å². The van der Waals surface area contributed by atoms with Gasteiger partial charge in [-0.3, -0.25) is 4.79 Å². The van der Waals surface area contributed by atoms with Crippen LogP contribution in [-0.4, -0.2) is 23.0 Å². The maximum atomic E-state index is 13.8. The highest BCUT2D eigenvalue weighted by Gasteiger charge is 2.25. The van der Waals surface area contributed by atoms with E-state index in [-0.39, 0.29) is 30.1 Å². The molecule has 0 radical (unpaired) electrons. The van der Waals surface area contributed by atoms with E-state index in [4.69, 9.17) is 10.2 Å². The molecule has 0 fully saturated rings. The number of hydrogen-bond donors (Lipinski definition) is 2. The molecule has 1 atom stereocenters. The minimum atomic E-state index is -0.724. The summed E-state index contributed by atoms with van der Waals surface area (Å²) in [5.41, 5.74) is 5.47. The highest BCUT2D eigenvalue weighted by molar-refractivity contribution is 5.77. The first-order valence-electron chi connectivity index (χ1n) is 8.63. The molecule has 1 aromatic carbocycles. The van der Waals surface area contributed by atoms with E-state index in [1.807, 2.05) is 6.92 Å². The quantitative estimate of drug-likeness (QED) is 0.751. The van der Waals surface area contributed by atoms with E-state index in [0.29, 0.717) is 18.4 Å². The zero-order chi connectivity index (χ0) is 19.3. The van der Waals surface area contributed by atoms with E-state index in [2.05, 4.69) is 24.1 Å². The van der Waals surface area contributed by atoms with Gasteiger partial charge in [0.1, 0.15) is 11.6 Å². The summed E-state index contributed by atoms with van der Waals surface area (Å²) >= 11 is 0. The fourth-order valence-electron chi connectivity index (χ4n) is 2.95. The number of benzene rings is 1. The zero-order valence-corrected chi connectivity index (χ0v) is 15.3.